The zero-order valence-electron chi connectivity index (χ0n) is 15.4. The number of nitrogens with one attached hydrogen (secondary N) is 2. The van der Waals surface area contributed by atoms with Crippen LogP contribution in [0.3, 0.4) is 0 Å². The van der Waals surface area contributed by atoms with E-state index in [2.05, 4.69) is 20.4 Å². The van der Waals surface area contributed by atoms with Crippen molar-refractivity contribution in [2.45, 2.75) is 44.1 Å². The van der Waals surface area contributed by atoms with Gasteiger partial charge in [-0.25, -0.2) is 13.2 Å². The number of aromatic amines is 1. The Bertz CT molecular complexity index is 987. The quantitative estimate of drug-likeness (QED) is 0.659. The maximum Gasteiger partial charge on any atom is 0.268 e. The number of alkyl halides is 2. The number of amides is 1. The molecule has 152 valence electrons. The Morgan fingerprint density at radius 2 is 1.93 bits per heavy atom. The van der Waals surface area contributed by atoms with Crippen molar-refractivity contribution in [2.75, 3.05) is 0 Å². The van der Waals surface area contributed by atoms with Gasteiger partial charge in [0.05, 0.1) is 6.54 Å². The first-order valence-electron chi connectivity index (χ1n) is 9.32. The van der Waals surface area contributed by atoms with Crippen molar-refractivity contribution >= 4 is 5.91 Å². The Morgan fingerprint density at radius 1 is 1.21 bits per heavy atom. The van der Waals surface area contributed by atoms with Crippen molar-refractivity contribution in [3.8, 4) is 11.1 Å². The highest BCUT2D eigenvalue weighted by molar-refractivity contribution is 5.93. The Hall–Kier alpha value is -3.10. The summed E-state index contributed by atoms with van der Waals surface area (Å²) < 4.78 is 44.7. The number of hydrogen-bond acceptors (Lipinski definition) is 4. The molecule has 1 aliphatic rings. The fourth-order valence-corrected chi connectivity index (χ4v) is 3.39. The molecule has 2 heterocycles. The largest absolute Gasteiger partial charge is 0.357 e. The maximum absolute atomic E-state index is 13.3. The molecule has 0 saturated heterocycles. The van der Waals surface area contributed by atoms with Gasteiger partial charge in [0.2, 0.25) is 11.8 Å². The van der Waals surface area contributed by atoms with E-state index in [1.807, 2.05) is 0 Å². The van der Waals surface area contributed by atoms with E-state index in [4.69, 9.17) is 4.52 Å². The van der Waals surface area contributed by atoms with Crippen molar-refractivity contribution in [1.82, 2.24) is 20.4 Å². The minimum Gasteiger partial charge on any atom is -0.357 e. The van der Waals surface area contributed by atoms with E-state index in [-0.39, 0.29) is 42.9 Å². The number of rotatable bonds is 5. The topological polar surface area (TPSA) is 83.8 Å². The summed E-state index contributed by atoms with van der Waals surface area (Å²) in [5.74, 6) is -2.83. The fraction of sp³-hybridized carbons (Fsp3) is 0.350. The third-order valence-electron chi connectivity index (χ3n) is 5.07. The number of halogens is 3. The van der Waals surface area contributed by atoms with Crippen LogP contribution in [0.1, 0.15) is 53.8 Å². The average Bonchev–Trinajstić information content (AvgIpc) is 3.37. The summed E-state index contributed by atoms with van der Waals surface area (Å²) in [6.07, 6.45) is 1.93. The molecule has 2 N–H and O–H groups in total. The Morgan fingerprint density at radius 3 is 2.66 bits per heavy atom. The molecule has 3 aromatic rings. The summed E-state index contributed by atoms with van der Waals surface area (Å²) >= 11 is 0. The summed E-state index contributed by atoms with van der Waals surface area (Å²) in [6, 6.07) is 7.61. The van der Waals surface area contributed by atoms with Gasteiger partial charge in [-0.05, 0) is 42.2 Å². The van der Waals surface area contributed by atoms with Crippen LogP contribution in [0, 0.1) is 5.82 Å². The van der Waals surface area contributed by atoms with Crippen LogP contribution < -0.4 is 5.32 Å². The van der Waals surface area contributed by atoms with Gasteiger partial charge in [0, 0.05) is 25.0 Å². The van der Waals surface area contributed by atoms with E-state index < -0.39 is 5.92 Å². The van der Waals surface area contributed by atoms with E-state index in [0.717, 1.165) is 11.1 Å². The van der Waals surface area contributed by atoms with Crippen LogP contribution in [-0.4, -0.2) is 27.0 Å². The summed E-state index contributed by atoms with van der Waals surface area (Å²) in [5.41, 5.74) is 1.87. The van der Waals surface area contributed by atoms with Crippen molar-refractivity contribution in [1.29, 1.82) is 0 Å². The fourth-order valence-electron chi connectivity index (χ4n) is 3.39. The highest BCUT2D eigenvalue weighted by Gasteiger charge is 2.36. The zero-order valence-corrected chi connectivity index (χ0v) is 15.4. The number of H-pyrrole nitrogens is 1. The molecule has 1 saturated carbocycles. The third kappa shape index (κ3) is 4.49. The smallest absolute Gasteiger partial charge is 0.268 e. The Kier molecular flexibility index (Phi) is 5.12. The van der Waals surface area contributed by atoms with E-state index >= 15 is 0 Å². The molecule has 9 heteroatoms. The van der Waals surface area contributed by atoms with Crippen LogP contribution in [0.4, 0.5) is 13.2 Å². The molecule has 4 rings (SSSR count). The number of carbonyl (C=O) groups excluding carboxylic acids is 1. The lowest BCUT2D eigenvalue weighted by atomic mass is 9.86. The summed E-state index contributed by atoms with van der Waals surface area (Å²) in [5, 5.41) is 6.54. The molecule has 0 spiro atoms. The van der Waals surface area contributed by atoms with Crippen molar-refractivity contribution < 1.29 is 22.5 Å². The standard InChI is InChI=1S/C20H19F3N4O2/c21-15-3-1-12(2-4-15)14-9-16(24-10-14)19(28)25-11-17-26-18(27-29-17)13-5-7-20(22,23)8-6-13/h1-4,9-10,13,24H,5-8,11H2,(H,25,28). The van der Waals surface area contributed by atoms with Gasteiger partial charge in [0.1, 0.15) is 11.5 Å². The lowest BCUT2D eigenvalue weighted by Gasteiger charge is -2.26. The van der Waals surface area contributed by atoms with Gasteiger partial charge in [-0.15, -0.1) is 0 Å². The normalized spacial score (nSPS) is 16.7. The minimum absolute atomic E-state index is 0.0274. The van der Waals surface area contributed by atoms with Gasteiger partial charge >= 0.3 is 0 Å². The molecule has 6 nitrogen and oxygen atoms in total. The first-order valence-corrected chi connectivity index (χ1v) is 9.32. The molecule has 0 aliphatic heterocycles. The third-order valence-corrected chi connectivity index (χ3v) is 5.07. The second-order valence-electron chi connectivity index (χ2n) is 7.17. The number of benzene rings is 1. The van der Waals surface area contributed by atoms with Crippen LogP contribution in [0.15, 0.2) is 41.1 Å². The molecule has 1 aliphatic carbocycles. The molecular weight excluding hydrogens is 385 g/mol. The molecule has 0 radical (unpaired) electrons. The number of aromatic nitrogens is 3. The summed E-state index contributed by atoms with van der Waals surface area (Å²) in [7, 11) is 0. The molecule has 0 bridgehead atoms. The van der Waals surface area contributed by atoms with Gasteiger partial charge in [-0.1, -0.05) is 17.3 Å². The van der Waals surface area contributed by atoms with Gasteiger partial charge in [0.25, 0.3) is 5.91 Å². The second-order valence-corrected chi connectivity index (χ2v) is 7.17. The first-order chi connectivity index (χ1) is 13.9. The van der Waals surface area contributed by atoms with Crippen LogP contribution in [0.5, 0.6) is 0 Å². The molecule has 1 amide bonds. The van der Waals surface area contributed by atoms with Gasteiger partial charge < -0.3 is 14.8 Å². The number of hydrogen-bond donors (Lipinski definition) is 2. The van der Waals surface area contributed by atoms with E-state index in [9.17, 15) is 18.0 Å². The average molecular weight is 404 g/mol. The predicted molar refractivity (Wildman–Crippen MR) is 97.8 cm³/mol. The van der Waals surface area contributed by atoms with Crippen LogP contribution >= 0.6 is 0 Å². The van der Waals surface area contributed by atoms with Gasteiger partial charge in [0.15, 0.2) is 5.82 Å². The van der Waals surface area contributed by atoms with Crippen LogP contribution in [0.25, 0.3) is 11.1 Å². The number of carbonyl (C=O) groups is 1. The molecule has 2 aromatic heterocycles. The van der Waals surface area contributed by atoms with E-state index in [0.29, 0.717) is 24.4 Å². The van der Waals surface area contributed by atoms with Gasteiger partial charge in [-0.2, -0.15) is 4.98 Å². The molecule has 1 aromatic carbocycles. The van der Waals surface area contributed by atoms with Crippen molar-refractivity contribution in [3.63, 3.8) is 0 Å². The molecule has 0 atom stereocenters. The molecule has 1 fully saturated rings. The highest BCUT2D eigenvalue weighted by Crippen LogP contribution is 2.39. The van der Waals surface area contributed by atoms with Crippen LogP contribution in [-0.2, 0) is 6.54 Å². The predicted octanol–water partition coefficient (Wildman–Crippen LogP) is 4.43. The maximum atomic E-state index is 13.3. The van der Waals surface area contributed by atoms with E-state index in [1.54, 1.807) is 24.4 Å². The molecule has 0 unspecified atom stereocenters. The van der Waals surface area contributed by atoms with Crippen molar-refractivity contribution in [3.05, 3.63) is 59.8 Å². The first kappa shape index (κ1) is 19.2. The highest BCUT2D eigenvalue weighted by atomic mass is 19.3. The van der Waals surface area contributed by atoms with Crippen LogP contribution in [0.2, 0.25) is 0 Å². The van der Waals surface area contributed by atoms with Crippen molar-refractivity contribution in [2.24, 2.45) is 0 Å². The monoisotopic (exact) mass is 404 g/mol. The SMILES string of the molecule is O=C(NCc1nc(C2CCC(F)(F)CC2)no1)c1cc(-c2ccc(F)cc2)c[nH]1. The Labute approximate surface area is 164 Å². The van der Waals surface area contributed by atoms with E-state index in [1.165, 1.54) is 12.1 Å². The minimum atomic E-state index is -2.61. The Balaban J connectivity index is 1.33. The second kappa shape index (κ2) is 7.73. The number of nitrogens with zero attached hydrogens (tertiary/aromatic N) is 2. The molecule has 29 heavy (non-hydrogen) atoms. The zero-order chi connectivity index (χ0) is 20.4. The van der Waals surface area contributed by atoms with Gasteiger partial charge in [-0.3, -0.25) is 4.79 Å². The lowest BCUT2D eigenvalue weighted by molar-refractivity contribution is -0.0389. The lowest BCUT2D eigenvalue weighted by Crippen LogP contribution is -2.24. The molecular formula is C20H19F3N4O2. The summed E-state index contributed by atoms with van der Waals surface area (Å²) in [4.78, 5) is 19.4. The summed E-state index contributed by atoms with van der Waals surface area (Å²) in [6.45, 7) is 0.0274.